The Kier molecular flexibility index (Phi) is 4.59. The lowest BCUT2D eigenvalue weighted by molar-refractivity contribution is -0.125. The van der Waals surface area contributed by atoms with E-state index >= 15 is 0 Å². The van der Waals surface area contributed by atoms with E-state index in [1.165, 1.54) is 16.8 Å². The second-order valence-corrected chi connectivity index (χ2v) is 8.44. The number of anilines is 1. The highest BCUT2D eigenvalue weighted by molar-refractivity contribution is 5.83. The zero-order valence-electron chi connectivity index (χ0n) is 15.6. The maximum atomic E-state index is 12.6. The number of Topliss-reactive ketones (excluding diaryl/α,β-unsaturated/α-hetero) is 1. The first-order valence-electron chi connectivity index (χ1n) is 9.89. The van der Waals surface area contributed by atoms with Crippen LogP contribution >= 0.6 is 0 Å². The van der Waals surface area contributed by atoms with Crippen molar-refractivity contribution in [2.45, 2.75) is 38.5 Å². The molecule has 0 bridgehead atoms. The summed E-state index contributed by atoms with van der Waals surface area (Å²) in [5, 5.41) is 7.00. The number of ketones is 1. The van der Waals surface area contributed by atoms with Crippen molar-refractivity contribution in [3.8, 4) is 0 Å². The smallest absolute Gasteiger partial charge is 0.149 e. The first-order chi connectivity index (χ1) is 12.1. The minimum atomic E-state index is 0.247. The Morgan fingerprint density at radius 2 is 2.12 bits per heavy atom. The van der Waals surface area contributed by atoms with Gasteiger partial charge in [0, 0.05) is 30.1 Å². The topological polar surface area (TPSA) is 44.4 Å². The number of aryl methyl sites for hydroxylation is 1. The number of nitrogens with zero attached hydrogens (tertiary/aromatic N) is 1. The van der Waals surface area contributed by atoms with Crippen molar-refractivity contribution in [2.75, 3.05) is 44.6 Å². The van der Waals surface area contributed by atoms with E-state index in [9.17, 15) is 4.79 Å². The Morgan fingerprint density at radius 3 is 2.88 bits per heavy atom. The van der Waals surface area contributed by atoms with E-state index in [1.807, 2.05) is 0 Å². The molecule has 0 aromatic heterocycles. The Hall–Kier alpha value is -1.39. The van der Waals surface area contributed by atoms with Crippen LogP contribution in [0.2, 0.25) is 0 Å². The zero-order chi connectivity index (χ0) is 17.4. The summed E-state index contributed by atoms with van der Waals surface area (Å²) >= 11 is 0. The van der Waals surface area contributed by atoms with Crippen LogP contribution in [-0.4, -0.2) is 50.0 Å². The van der Waals surface area contributed by atoms with Gasteiger partial charge in [0.1, 0.15) is 5.78 Å². The second-order valence-electron chi connectivity index (χ2n) is 8.44. The van der Waals surface area contributed by atoms with E-state index in [-0.39, 0.29) is 11.3 Å². The first-order valence-corrected chi connectivity index (χ1v) is 9.89. The molecule has 2 atom stereocenters. The summed E-state index contributed by atoms with van der Waals surface area (Å²) in [4.78, 5) is 15.0. The number of hydrogen-bond donors (Lipinski definition) is 2. The van der Waals surface area contributed by atoms with Crippen LogP contribution in [0, 0.1) is 18.8 Å². The molecule has 1 spiro atoms. The van der Waals surface area contributed by atoms with Crippen LogP contribution in [0.25, 0.3) is 0 Å². The van der Waals surface area contributed by atoms with Gasteiger partial charge in [0.05, 0.1) is 6.54 Å². The first kappa shape index (κ1) is 17.0. The standard InChI is InChI=1S/C21H31N3O/c1-15-3-4-18-19(11-15)23-14-21(18)7-10-24(12-16(21)2)13-20(25)17-5-8-22-9-6-17/h3-4,11,16-17,22-23H,5-10,12-14H2,1-2H3/t16-,21+/m1/s1. The quantitative estimate of drug-likeness (QED) is 0.887. The van der Waals surface area contributed by atoms with Gasteiger partial charge in [-0.05, 0) is 68.9 Å². The number of rotatable bonds is 3. The summed E-state index contributed by atoms with van der Waals surface area (Å²) < 4.78 is 0. The monoisotopic (exact) mass is 341 g/mol. The summed E-state index contributed by atoms with van der Waals surface area (Å²) in [5.74, 6) is 1.31. The zero-order valence-corrected chi connectivity index (χ0v) is 15.6. The Morgan fingerprint density at radius 1 is 1.32 bits per heavy atom. The highest BCUT2D eigenvalue weighted by Crippen LogP contribution is 2.47. The third-order valence-electron chi connectivity index (χ3n) is 6.83. The molecule has 2 N–H and O–H groups in total. The van der Waals surface area contributed by atoms with Crippen LogP contribution in [0.15, 0.2) is 18.2 Å². The van der Waals surface area contributed by atoms with E-state index in [1.54, 1.807) is 0 Å². The molecule has 0 unspecified atom stereocenters. The molecule has 0 aliphatic carbocycles. The lowest BCUT2D eigenvalue weighted by atomic mass is 9.67. The fourth-order valence-corrected chi connectivity index (χ4v) is 5.14. The molecule has 4 heteroatoms. The maximum absolute atomic E-state index is 12.6. The van der Waals surface area contributed by atoms with Crippen molar-refractivity contribution in [3.63, 3.8) is 0 Å². The highest BCUT2D eigenvalue weighted by Gasteiger charge is 2.46. The number of fused-ring (bicyclic) bond motifs is 2. The third-order valence-corrected chi connectivity index (χ3v) is 6.83. The lowest BCUT2D eigenvalue weighted by Gasteiger charge is -2.44. The molecular formula is C21H31N3O. The molecule has 1 aromatic rings. The van der Waals surface area contributed by atoms with Gasteiger partial charge in [-0.15, -0.1) is 0 Å². The minimum absolute atomic E-state index is 0.247. The number of carbonyl (C=O) groups excluding carboxylic acids is 1. The molecule has 4 rings (SSSR count). The molecule has 0 amide bonds. The van der Waals surface area contributed by atoms with Gasteiger partial charge in [-0.1, -0.05) is 19.1 Å². The molecule has 0 saturated carbocycles. The SMILES string of the molecule is Cc1ccc2c(c1)NC[C@]21CCN(CC(=O)C2CCNCC2)C[C@H]1C. The summed E-state index contributed by atoms with van der Waals surface area (Å²) in [6, 6.07) is 6.86. The van der Waals surface area contributed by atoms with Gasteiger partial charge in [-0.3, -0.25) is 9.69 Å². The van der Waals surface area contributed by atoms with Crippen LogP contribution < -0.4 is 10.6 Å². The van der Waals surface area contributed by atoms with Crippen LogP contribution in [0.5, 0.6) is 0 Å². The number of benzene rings is 1. The summed E-state index contributed by atoms with van der Waals surface area (Å²) in [7, 11) is 0. The number of piperidine rings is 2. The normalized spacial score (nSPS) is 30.2. The molecular weight excluding hydrogens is 310 g/mol. The van der Waals surface area contributed by atoms with Crippen molar-refractivity contribution >= 4 is 11.5 Å². The maximum Gasteiger partial charge on any atom is 0.149 e. The predicted octanol–water partition coefficient (Wildman–Crippen LogP) is 2.57. The van der Waals surface area contributed by atoms with Crippen LogP contribution in [-0.2, 0) is 10.2 Å². The van der Waals surface area contributed by atoms with E-state index in [4.69, 9.17) is 0 Å². The number of nitrogens with one attached hydrogen (secondary N) is 2. The molecule has 136 valence electrons. The number of carbonyl (C=O) groups is 1. The van der Waals surface area contributed by atoms with Gasteiger partial charge < -0.3 is 10.6 Å². The number of hydrogen-bond acceptors (Lipinski definition) is 4. The van der Waals surface area contributed by atoms with Crippen LogP contribution in [0.3, 0.4) is 0 Å². The molecule has 2 fully saturated rings. The van der Waals surface area contributed by atoms with Crippen molar-refractivity contribution in [2.24, 2.45) is 11.8 Å². The van der Waals surface area contributed by atoms with Crippen LogP contribution in [0.4, 0.5) is 5.69 Å². The van der Waals surface area contributed by atoms with Crippen LogP contribution in [0.1, 0.15) is 37.3 Å². The predicted molar refractivity (Wildman–Crippen MR) is 102 cm³/mol. The highest BCUT2D eigenvalue weighted by atomic mass is 16.1. The summed E-state index contributed by atoms with van der Waals surface area (Å²) in [6.45, 7) is 10.3. The van der Waals surface area contributed by atoms with Gasteiger partial charge in [-0.25, -0.2) is 0 Å². The Balaban J connectivity index is 1.42. The third kappa shape index (κ3) is 3.11. The summed E-state index contributed by atoms with van der Waals surface area (Å²) in [6.07, 6.45) is 3.18. The van der Waals surface area contributed by atoms with Gasteiger partial charge in [0.15, 0.2) is 0 Å². The van der Waals surface area contributed by atoms with Crippen molar-refractivity contribution in [1.29, 1.82) is 0 Å². The lowest BCUT2D eigenvalue weighted by Crippen LogP contribution is -2.51. The molecule has 2 saturated heterocycles. The Labute approximate surface area is 151 Å². The second kappa shape index (κ2) is 6.73. The molecule has 0 radical (unpaired) electrons. The van der Waals surface area contributed by atoms with E-state index in [0.717, 1.165) is 52.0 Å². The summed E-state index contributed by atoms with van der Waals surface area (Å²) in [5.41, 5.74) is 4.39. The molecule has 1 aromatic carbocycles. The van der Waals surface area contributed by atoms with Crippen molar-refractivity contribution in [1.82, 2.24) is 10.2 Å². The molecule has 3 heterocycles. The fourth-order valence-electron chi connectivity index (χ4n) is 5.14. The largest absolute Gasteiger partial charge is 0.384 e. The van der Waals surface area contributed by atoms with E-state index < -0.39 is 0 Å². The van der Waals surface area contributed by atoms with E-state index in [0.29, 0.717) is 18.2 Å². The molecule has 3 aliphatic rings. The van der Waals surface area contributed by atoms with Gasteiger partial charge in [0.25, 0.3) is 0 Å². The van der Waals surface area contributed by atoms with Gasteiger partial charge in [-0.2, -0.15) is 0 Å². The average molecular weight is 341 g/mol. The molecule has 4 nitrogen and oxygen atoms in total. The van der Waals surface area contributed by atoms with Gasteiger partial charge >= 0.3 is 0 Å². The average Bonchev–Trinajstić information content (AvgIpc) is 2.98. The number of likely N-dealkylation sites (tertiary alicyclic amines) is 1. The van der Waals surface area contributed by atoms with E-state index in [2.05, 4.69) is 47.6 Å². The van der Waals surface area contributed by atoms with Gasteiger partial charge in [0.2, 0.25) is 0 Å². The van der Waals surface area contributed by atoms with Crippen molar-refractivity contribution < 1.29 is 4.79 Å². The molecule has 25 heavy (non-hydrogen) atoms. The Bertz CT molecular complexity index is 653. The minimum Gasteiger partial charge on any atom is -0.384 e. The molecule has 3 aliphatic heterocycles. The fraction of sp³-hybridized carbons (Fsp3) is 0.667. The van der Waals surface area contributed by atoms with Crippen molar-refractivity contribution in [3.05, 3.63) is 29.3 Å².